The Morgan fingerprint density at radius 1 is 1.44 bits per heavy atom. The van der Waals surface area contributed by atoms with E-state index in [0.717, 1.165) is 4.31 Å². The highest BCUT2D eigenvalue weighted by molar-refractivity contribution is 9.09. The van der Waals surface area contributed by atoms with Gasteiger partial charge >= 0.3 is 0 Å². The summed E-state index contributed by atoms with van der Waals surface area (Å²) in [6.07, 6.45) is -2.67. The molecule has 0 aliphatic carbocycles. The number of sulfonamides is 1. The fraction of sp³-hybridized carbons (Fsp3) is 1.00. The molecule has 0 saturated heterocycles. The SMILES string of the molecule is CCOCCS(=O)(=O)N(CCBr)CC(F)F. The number of ether oxygens (including phenoxy) is 1. The maximum Gasteiger partial charge on any atom is 0.252 e. The molecule has 0 fully saturated rings. The number of halogens is 3. The Hall–Kier alpha value is 0.210. The van der Waals surface area contributed by atoms with Crippen molar-refractivity contribution in [3.8, 4) is 0 Å². The molecular weight excluding hydrogens is 308 g/mol. The first-order valence-electron chi connectivity index (χ1n) is 4.83. The zero-order valence-electron chi connectivity index (χ0n) is 9.03. The minimum Gasteiger partial charge on any atom is -0.381 e. The van der Waals surface area contributed by atoms with Gasteiger partial charge in [0, 0.05) is 18.5 Å². The van der Waals surface area contributed by atoms with E-state index >= 15 is 0 Å². The smallest absolute Gasteiger partial charge is 0.252 e. The van der Waals surface area contributed by atoms with Crippen LogP contribution in [-0.2, 0) is 14.8 Å². The molecule has 0 aromatic rings. The van der Waals surface area contributed by atoms with Crippen molar-refractivity contribution in [2.75, 3.05) is 37.4 Å². The first-order valence-corrected chi connectivity index (χ1v) is 7.56. The quantitative estimate of drug-likeness (QED) is 0.475. The summed E-state index contributed by atoms with van der Waals surface area (Å²) in [5.41, 5.74) is 0. The van der Waals surface area contributed by atoms with Crippen LogP contribution in [0.1, 0.15) is 6.92 Å². The molecule has 0 unspecified atom stereocenters. The van der Waals surface area contributed by atoms with Crippen LogP contribution in [0.15, 0.2) is 0 Å². The van der Waals surface area contributed by atoms with Gasteiger partial charge in [0.2, 0.25) is 10.0 Å². The van der Waals surface area contributed by atoms with Crippen molar-refractivity contribution < 1.29 is 21.9 Å². The summed E-state index contributed by atoms with van der Waals surface area (Å²) in [5.74, 6) is -0.263. The van der Waals surface area contributed by atoms with Crippen LogP contribution >= 0.6 is 15.9 Å². The fourth-order valence-electron chi connectivity index (χ4n) is 1.03. The summed E-state index contributed by atoms with van der Waals surface area (Å²) in [6, 6.07) is 0. The molecule has 0 N–H and O–H groups in total. The molecule has 4 nitrogen and oxygen atoms in total. The lowest BCUT2D eigenvalue weighted by atomic mass is 10.6. The second-order valence-electron chi connectivity index (χ2n) is 2.95. The second kappa shape index (κ2) is 8.32. The largest absolute Gasteiger partial charge is 0.381 e. The van der Waals surface area contributed by atoms with E-state index in [9.17, 15) is 17.2 Å². The van der Waals surface area contributed by atoms with E-state index in [1.54, 1.807) is 6.92 Å². The van der Waals surface area contributed by atoms with Gasteiger partial charge in [0.25, 0.3) is 6.43 Å². The van der Waals surface area contributed by atoms with Crippen molar-refractivity contribution in [1.82, 2.24) is 4.31 Å². The summed E-state index contributed by atoms with van der Waals surface area (Å²) in [7, 11) is -3.65. The summed E-state index contributed by atoms with van der Waals surface area (Å²) < 4.78 is 53.3. The van der Waals surface area contributed by atoms with E-state index in [2.05, 4.69) is 15.9 Å². The van der Waals surface area contributed by atoms with Gasteiger partial charge in [-0.15, -0.1) is 0 Å². The summed E-state index contributed by atoms with van der Waals surface area (Å²) in [5, 5.41) is 0.327. The topological polar surface area (TPSA) is 46.6 Å². The fourth-order valence-corrected chi connectivity index (χ4v) is 2.99. The monoisotopic (exact) mass is 323 g/mol. The molecule has 0 rings (SSSR count). The van der Waals surface area contributed by atoms with Gasteiger partial charge in [0.05, 0.1) is 18.9 Å². The van der Waals surface area contributed by atoms with Gasteiger partial charge in [0.15, 0.2) is 0 Å². The molecule has 0 atom stereocenters. The van der Waals surface area contributed by atoms with Crippen LogP contribution in [0.5, 0.6) is 0 Å². The van der Waals surface area contributed by atoms with Gasteiger partial charge in [0.1, 0.15) is 0 Å². The average Bonchev–Trinajstić information content (AvgIpc) is 2.16. The first kappa shape index (κ1) is 16.2. The number of rotatable bonds is 9. The highest BCUT2D eigenvalue weighted by atomic mass is 79.9. The average molecular weight is 324 g/mol. The number of hydrogen-bond donors (Lipinski definition) is 0. The first-order chi connectivity index (χ1) is 7.44. The Balaban J connectivity index is 4.37. The van der Waals surface area contributed by atoms with Crippen molar-refractivity contribution in [1.29, 1.82) is 0 Å². The van der Waals surface area contributed by atoms with Gasteiger partial charge < -0.3 is 4.74 Å². The Morgan fingerprint density at radius 3 is 2.50 bits per heavy atom. The van der Waals surface area contributed by atoms with Crippen LogP contribution in [0.25, 0.3) is 0 Å². The molecule has 8 heteroatoms. The van der Waals surface area contributed by atoms with Crippen molar-refractivity contribution in [3.05, 3.63) is 0 Å². The molecule has 16 heavy (non-hydrogen) atoms. The molecule has 0 saturated carbocycles. The third-order valence-corrected chi connectivity index (χ3v) is 3.91. The zero-order chi connectivity index (χ0) is 12.6. The Morgan fingerprint density at radius 2 is 2.06 bits per heavy atom. The van der Waals surface area contributed by atoms with E-state index in [1.165, 1.54) is 0 Å². The van der Waals surface area contributed by atoms with E-state index in [4.69, 9.17) is 4.74 Å². The summed E-state index contributed by atoms with van der Waals surface area (Å²) in [6.45, 7) is 1.45. The van der Waals surface area contributed by atoms with Gasteiger partial charge in [-0.25, -0.2) is 17.2 Å². The van der Waals surface area contributed by atoms with Crippen LogP contribution in [-0.4, -0.2) is 56.5 Å². The molecule has 0 aliphatic rings. The normalized spacial score (nSPS) is 12.6. The zero-order valence-corrected chi connectivity index (χ0v) is 11.4. The third-order valence-electron chi connectivity index (χ3n) is 1.76. The number of hydrogen-bond acceptors (Lipinski definition) is 3. The number of alkyl halides is 3. The standard InChI is InChI=1S/C8H16BrF2NO3S/c1-2-15-5-6-16(13,14)12(4-3-9)7-8(10)11/h8H,2-7H2,1H3. The van der Waals surface area contributed by atoms with Crippen LogP contribution in [0.3, 0.4) is 0 Å². The van der Waals surface area contributed by atoms with Crippen LogP contribution in [0.2, 0.25) is 0 Å². The van der Waals surface area contributed by atoms with Crippen molar-refractivity contribution in [3.63, 3.8) is 0 Å². The van der Waals surface area contributed by atoms with Crippen molar-refractivity contribution in [2.24, 2.45) is 0 Å². The van der Waals surface area contributed by atoms with Gasteiger partial charge in [-0.1, -0.05) is 15.9 Å². The Labute approximate surface area is 103 Å². The molecule has 0 bridgehead atoms. The van der Waals surface area contributed by atoms with Crippen LogP contribution < -0.4 is 0 Å². The lowest BCUT2D eigenvalue weighted by molar-refractivity contribution is 0.120. The molecule has 98 valence electrons. The molecule has 0 heterocycles. The van der Waals surface area contributed by atoms with Crippen LogP contribution in [0.4, 0.5) is 8.78 Å². The molecule has 0 spiro atoms. The van der Waals surface area contributed by atoms with Gasteiger partial charge in [-0.05, 0) is 6.92 Å². The van der Waals surface area contributed by atoms with E-state index < -0.39 is 23.0 Å². The van der Waals surface area contributed by atoms with Gasteiger partial charge in [-0.2, -0.15) is 4.31 Å². The van der Waals surface area contributed by atoms with E-state index in [-0.39, 0.29) is 18.9 Å². The second-order valence-corrected chi connectivity index (χ2v) is 5.83. The predicted molar refractivity (Wildman–Crippen MR) is 61.7 cm³/mol. The Bertz CT molecular complexity index is 274. The lowest BCUT2D eigenvalue weighted by Crippen LogP contribution is -2.39. The minimum atomic E-state index is -3.65. The third kappa shape index (κ3) is 6.72. The predicted octanol–water partition coefficient (Wildman–Crippen LogP) is 1.31. The molecule has 0 aromatic heterocycles. The van der Waals surface area contributed by atoms with Crippen molar-refractivity contribution >= 4 is 26.0 Å². The number of nitrogens with zero attached hydrogens (tertiary/aromatic N) is 1. The Kier molecular flexibility index (Phi) is 8.43. The highest BCUT2D eigenvalue weighted by Gasteiger charge is 2.24. The molecule has 0 aromatic carbocycles. The molecule has 0 amide bonds. The maximum atomic E-state index is 12.2. The van der Waals surface area contributed by atoms with Crippen LogP contribution in [0, 0.1) is 0 Å². The minimum absolute atomic E-state index is 0.0286. The van der Waals surface area contributed by atoms with E-state index in [1.807, 2.05) is 0 Å². The van der Waals surface area contributed by atoms with Gasteiger partial charge in [-0.3, -0.25) is 0 Å². The molecule has 0 radical (unpaired) electrons. The molecular formula is C8H16BrF2NO3S. The highest BCUT2D eigenvalue weighted by Crippen LogP contribution is 2.07. The van der Waals surface area contributed by atoms with E-state index in [0.29, 0.717) is 11.9 Å². The lowest BCUT2D eigenvalue weighted by Gasteiger charge is -2.20. The summed E-state index contributed by atoms with van der Waals surface area (Å²) >= 11 is 3.03. The van der Waals surface area contributed by atoms with Crippen molar-refractivity contribution in [2.45, 2.75) is 13.3 Å². The maximum absolute atomic E-state index is 12.2. The molecule has 0 aliphatic heterocycles. The summed E-state index contributed by atoms with van der Waals surface area (Å²) in [4.78, 5) is 0.